The quantitative estimate of drug-likeness (QED) is 0.451. The number of hydrogen-bond donors (Lipinski definition) is 2. The summed E-state index contributed by atoms with van der Waals surface area (Å²) in [6.07, 6.45) is 7.11. The molecule has 0 fully saturated rings. The predicted molar refractivity (Wildman–Crippen MR) is 53.2 cm³/mol. The minimum Gasteiger partial charge on any atom is -0.393 e. The van der Waals surface area contributed by atoms with Gasteiger partial charge in [0.25, 0.3) is 0 Å². The third-order valence-electron chi connectivity index (χ3n) is 1.78. The molecule has 0 rings (SSSR count). The first-order valence-corrected chi connectivity index (χ1v) is 5.19. The summed E-state index contributed by atoms with van der Waals surface area (Å²) in [5.74, 6) is 1.01. The summed E-state index contributed by atoms with van der Waals surface area (Å²) in [4.78, 5) is 0. The van der Waals surface area contributed by atoms with Gasteiger partial charge in [0.1, 0.15) is 0 Å². The summed E-state index contributed by atoms with van der Waals surface area (Å²) in [6.45, 7) is 1.85. The lowest BCUT2D eigenvalue weighted by molar-refractivity contribution is 0.180. The van der Waals surface area contributed by atoms with Gasteiger partial charge >= 0.3 is 0 Å². The Hall–Kier alpha value is 0.310. The van der Waals surface area contributed by atoms with E-state index in [2.05, 4.69) is 12.6 Å². The highest BCUT2D eigenvalue weighted by Crippen LogP contribution is 2.07. The van der Waals surface area contributed by atoms with E-state index >= 15 is 0 Å². The fourth-order valence-corrected chi connectivity index (χ4v) is 1.31. The van der Waals surface area contributed by atoms with E-state index in [1.54, 1.807) is 0 Å². The zero-order chi connectivity index (χ0) is 8.53. The summed E-state index contributed by atoms with van der Waals surface area (Å²) < 4.78 is 0. The van der Waals surface area contributed by atoms with Crippen LogP contribution in [0.4, 0.5) is 0 Å². The SMILES string of the molecule is CC(O)CCCCCCCS. The van der Waals surface area contributed by atoms with Crippen molar-refractivity contribution in [3.05, 3.63) is 0 Å². The average Bonchev–Trinajstić information content (AvgIpc) is 1.96. The lowest BCUT2D eigenvalue weighted by atomic mass is 10.1. The van der Waals surface area contributed by atoms with Gasteiger partial charge in [0, 0.05) is 0 Å². The van der Waals surface area contributed by atoms with Crippen LogP contribution in [-0.2, 0) is 0 Å². The number of unbranched alkanes of at least 4 members (excludes halogenated alkanes) is 4. The van der Waals surface area contributed by atoms with E-state index in [1.807, 2.05) is 6.92 Å². The molecule has 0 spiro atoms. The molecule has 1 unspecified atom stereocenters. The number of thiol groups is 1. The van der Waals surface area contributed by atoms with Crippen LogP contribution in [0.5, 0.6) is 0 Å². The Bertz CT molecular complexity index is 74.0. The molecule has 0 amide bonds. The summed E-state index contributed by atoms with van der Waals surface area (Å²) in [5, 5.41) is 8.94. The Morgan fingerprint density at radius 2 is 1.64 bits per heavy atom. The molecule has 0 saturated heterocycles. The monoisotopic (exact) mass is 176 g/mol. The maximum absolute atomic E-state index is 8.94. The van der Waals surface area contributed by atoms with Crippen molar-refractivity contribution in [3.8, 4) is 0 Å². The maximum Gasteiger partial charge on any atom is 0.0512 e. The zero-order valence-electron chi connectivity index (χ0n) is 7.42. The van der Waals surface area contributed by atoms with Gasteiger partial charge in [-0.15, -0.1) is 0 Å². The Labute approximate surface area is 75.6 Å². The van der Waals surface area contributed by atoms with Gasteiger partial charge < -0.3 is 5.11 Å². The van der Waals surface area contributed by atoms with E-state index in [1.165, 1.54) is 32.1 Å². The van der Waals surface area contributed by atoms with Crippen molar-refractivity contribution in [2.24, 2.45) is 0 Å². The molecule has 1 N–H and O–H groups in total. The van der Waals surface area contributed by atoms with E-state index in [-0.39, 0.29) is 6.10 Å². The minimum atomic E-state index is -0.111. The topological polar surface area (TPSA) is 20.2 Å². The molecular formula is C9H20OS. The number of aliphatic hydroxyl groups excluding tert-OH is 1. The molecule has 0 aromatic rings. The number of rotatable bonds is 7. The predicted octanol–water partition coefficient (Wildman–Crippen LogP) is 2.64. The van der Waals surface area contributed by atoms with Gasteiger partial charge in [-0.3, -0.25) is 0 Å². The van der Waals surface area contributed by atoms with Gasteiger partial charge in [-0.2, -0.15) is 12.6 Å². The summed E-state index contributed by atoms with van der Waals surface area (Å²) in [5.41, 5.74) is 0. The minimum absolute atomic E-state index is 0.111. The highest BCUT2D eigenvalue weighted by molar-refractivity contribution is 7.80. The molecule has 68 valence electrons. The molecule has 11 heavy (non-hydrogen) atoms. The molecule has 0 aliphatic rings. The molecule has 0 saturated carbocycles. The molecule has 0 aliphatic carbocycles. The highest BCUT2D eigenvalue weighted by atomic mass is 32.1. The van der Waals surface area contributed by atoms with Crippen LogP contribution in [0.3, 0.4) is 0 Å². The molecule has 0 heterocycles. The second-order valence-electron chi connectivity index (χ2n) is 3.13. The number of hydrogen-bond acceptors (Lipinski definition) is 2. The molecule has 0 aromatic carbocycles. The Morgan fingerprint density at radius 1 is 1.09 bits per heavy atom. The highest BCUT2D eigenvalue weighted by Gasteiger charge is 1.94. The van der Waals surface area contributed by atoms with Crippen molar-refractivity contribution in [3.63, 3.8) is 0 Å². The van der Waals surface area contributed by atoms with Crippen molar-refractivity contribution < 1.29 is 5.11 Å². The van der Waals surface area contributed by atoms with Crippen molar-refractivity contribution in [1.29, 1.82) is 0 Å². The van der Waals surface area contributed by atoms with E-state index in [0.717, 1.165) is 12.2 Å². The second kappa shape index (κ2) is 8.41. The Kier molecular flexibility index (Phi) is 8.64. The second-order valence-corrected chi connectivity index (χ2v) is 3.58. The van der Waals surface area contributed by atoms with Crippen LogP contribution >= 0.6 is 12.6 Å². The first-order valence-electron chi connectivity index (χ1n) is 4.56. The zero-order valence-corrected chi connectivity index (χ0v) is 8.32. The molecule has 0 aliphatic heterocycles. The van der Waals surface area contributed by atoms with Crippen molar-refractivity contribution in [2.75, 3.05) is 5.75 Å². The van der Waals surface area contributed by atoms with Gasteiger partial charge in [-0.25, -0.2) is 0 Å². The van der Waals surface area contributed by atoms with Crippen molar-refractivity contribution >= 4 is 12.6 Å². The third kappa shape index (κ3) is 10.3. The van der Waals surface area contributed by atoms with Crippen LogP contribution in [0.15, 0.2) is 0 Å². The third-order valence-corrected chi connectivity index (χ3v) is 2.10. The molecule has 1 nitrogen and oxygen atoms in total. The van der Waals surface area contributed by atoms with Gasteiger partial charge in [-0.1, -0.05) is 25.7 Å². The van der Waals surface area contributed by atoms with Gasteiger partial charge in [0.2, 0.25) is 0 Å². The van der Waals surface area contributed by atoms with Crippen LogP contribution in [0.1, 0.15) is 45.4 Å². The lowest BCUT2D eigenvalue weighted by Crippen LogP contribution is -1.98. The van der Waals surface area contributed by atoms with Crippen molar-refractivity contribution in [2.45, 2.75) is 51.6 Å². The van der Waals surface area contributed by atoms with Crippen LogP contribution in [0.2, 0.25) is 0 Å². The number of aliphatic hydroxyl groups is 1. The van der Waals surface area contributed by atoms with Crippen LogP contribution < -0.4 is 0 Å². The molecular weight excluding hydrogens is 156 g/mol. The fourth-order valence-electron chi connectivity index (χ4n) is 1.08. The molecule has 1 atom stereocenters. The fraction of sp³-hybridized carbons (Fsp3) is 1.00. The molecule has 0 radical (unpaired) electrons. The van der Waals surface area contributed by atoms with E-state index in [4.69, 9.17) is 5.11 Å². The largest absolute Gasteiger partial charge is 0.393 e. The van der Waals surface area contributed by atoms with E-state index in [9.17, 15) is 0 Å². The van der Waals surface area contributed by atoms with Crippen molar-refractivity contribution in [1.82, 2.24) is 0 Å². The molecule has 2 heteroatoms. The first-order chi connectivity index (χ1) is 5.27. The maximum atomic E-state index is 8.94. The normalized spacial score (nSPS) is 13.4. The summed E-state index contributed by atoms with van der Waals surface area (Å²) >= 11 is 4.14. The summed E-state index contributed by atoms with van der Waals surface area (Å²) in [7, 11) is 0. The Balaban J connectivity index is 2.80. The summed E-state index contributed by atoms with van der Waals surface area (Å²) in [6, 6.07) is 0. The van der Waals surface area contributed by atoms with E-state index < -0.39 is 0 Å². The van der Waals surface area contributed by atoms with Crippen LogP contribution in [0, 0.1) is 0 Å². The Morgan fingerprint density at radius 3 is 2.18 bits per heavy atom. The van der Waals surface area contributed by atoms with Gasteiger partial charge in [-0.05, 0) is 25.5 Å². The van der Waals surface area contributed by atoms with Crippen LogP contribution in [0.25, 0.3) is 0 Å². The lowest BCUT2D eigenvalue weighted by Gasteiger charge is -2.02. The van der Waals surface area contributed by atoms with E-state index in [0.29, 0.717) is 0 Å². The molecule has 0 bridgehead atoms. The molecule has 0 aromatic heterocycles. The standard InChI is InChI=1S/C9H20OS/c1-9(10)7-5-3-2-4-6-8-11/h9-11H,2-8H2,1H3. The smallest absolute Gasteiger partial charge is 0.0512 e. The van der Waals surface area contributed by atoms with Gasteiger partial charge in [0.05, 0.1) is 6.10 Å². The van der Waals surface area contributed by atoms with Gasteiger partial charge in [0.15, 0.2) is 0 Å². The van der Waals surface area contributed by atoms with Crippen LogP contribution in [-0.4, -0.2) is 17.0 Å². The average molecular weight is 176 g/mol. The first kappa shape index (κ1) is 11.3.